The number of piperidine rings is 1. The van der Waals surface area contributed by atoms with E-state index < -0.39 is 0 Å². The van der Waals surface area contributed by atoms with Crippen LogP contribution in [-0.4, -0.2) is 64.1 Å². The highest BCUT2D eigenvalue weighted by Gasteiger charge is 2.43. The standard InChI is InChI=1S/C13H20N4O3/c1-16-9-14-11(15-16)12(18)17-5-3-13(4-6-17)7-10(19-2)8-20-13/h9-10H,3-8H2,1-2H3. The monoisotopic (exact) mass is 280 g/mol. The molecule has 1 aromatic heterocycles. The molecular weight excluding hydrogens is 260 g/mol. The average molecular weight is 280 g/mol. The Balaban J connectivity index is 1.60. The molecule has 0 aliphatic carbocycles. The van der Waals surface area contributed by atoms with Crippen molar-refractivity contribution in [1.29, 1.82) is 0 Å². The lowest BCUT2D eigenvalue weighted by Crippen LogP contribution is -2.46. The summed E-state index contributed by atoms with van der Waals surface area (Å²) in [5.74, 6) is 0.173. The predicted octanol–water partition coefficient (Wildman–Crippen LogP) is 0.225. The number of methoxy groups -OCH3 is 1. The van der Waals surface area contributed by atoms with Crippen molar-refractivity contribution in [2.75, 3.05) is 26.8 Å². The molecule has 1 unspecified atom stereocenters. The van der Waals surface area contributed by atoms with E-state index in [0.717, 1.165) is 19.3 Å². The molecule has 1 spiro atoms. The third kappa shape index (κ3) is 2.43. The van der Waals surface area contributed by atoms with E-state index in [1.54, 1.807) is 25.2 Å². The third-order valence-electron chi connectivity index (χ3n) is 4.26. The molecule has 2 aliphatic heterocycles. The highest BCUT2D eigenvalue weighted by atomic mass is 16.6. The fourth-order valence-corrected chi connectivity index (χ4v) is 3.00. The van der Waals surface area contributed by atoms with Crippen molar-refractivity contribution in [3.63, 3.8) is 0 Å². The molecule has 20 heavy (non-hydrogen) atoms. The molecule has 110 valence electrons. The lowest BCUT2D eigenvalue weighted by Gasteiger charge is -2.38. The molecule has 0 bridgehead atoms. The Kier molecular flexibility index (Phi) is 3.47. The van der Waals surface area contributed by atoms with Crippen molar-refractivity contribution in [2.45, 2.75) is 31.0 Å². The minimum atomic E-state index is -0.102. The summed E-state index contributed by atoms with van der Waals surface area (Å²) in [6, 6.07) is 0. The van der Waals surface area contributed by atoms with Gasteiger partial charge in [-0.15, -0.1) is 5.10 Å². The van der Waals surface area contributed by atoms with E-state index in [4.69, 9.17) is 9.47 Å². The Bertz CT molecular complexity index is 494. The molecule has 1 amide bonds. The van der Waals surface area contributed by atoms with Gasteiger partial charge in [0.05, 0.1) is 18.3 Å². The van der Waals surface area contributed by atoms with Gasteiger partial charge in [-0.1, -0.05) is 0 Å². The van der Waals surface area contributed by atoms with Crippen molar-refractivity contribution >= 4 is 5.91 Å². The lowest BCUT2D eigenvalue weighted by molar-refractivity contribution is -0.0403. The van der Waals surface area contributed by atoms with Crippen LogP contribution in [0.2, 0.25) is 0 Å². The van der Waals surface area contributed by atoms with Crippen LogP contribution in [0.1, 0.15) is 29.9 Å². The van der Waals surface area contributed by atoms with Crippen molar-refractivity contribution in [3.8, 4) is 0 Å². The van der Waals surface area contributed by atoms with Crippen LogP contribution in [-0.2, 0) is 16.5 Å². The number of hydrogen-bond acceptors (Lipinski definition) is 5. The van der Waals surface area contributed by atoms with E-state index in [0.29, 0.717) is 19.7 Å². The second-order valence-electron chi connectivity index (χ2n) is 5.59. The smallest absolute Gasteiger partial charge is 0.293 e. The summed E-state index contributed by atoms with van der Waals surface area (Å²) in [5, 5.41) is 4.06. The summed E-state index contributed by atoms with van der Waals surface area (Å²) in [7, 11) is 3.48. The number of rotatable bonds is 2. The van der Waals surface area contributed by atoms with Crippen molar-refractivity contribution in [3.05, 3.63) is 12.2 Å². The first-order chi connectivity index (χ1) is 9.62. The largest absolute Gasteiger partial charge is 0.379 e. The van der Waals surface area contributed by atoms with Gasteiger partial charge in [-0.25, -0.2) is 4.98 Å². The fraction of sp³-hybridized carbons (Fsp3) is 0.769. The van der Waals surface area contributed by atoms with Crippen LogP contribution in [0.4, 0.5) is 0 Å². The summed E-state index contributed by atoms with van der Waals surface area (Å²) in [5.41, 5.74) is -0.102. The Morgan fingerprint density at radius 2 is 2.25 bits per heavy atom. The van der Waals surface area contributed by atoms with Gasteiger partial charge < -0.3 is 14.4 Å². The van der Waals surface area contributed by atoms with Gasteiger partial charge in [0.15, 0.2) is 0 Å². The van der Waals surface area contributed by atoms with Crippen LogP contribution in [0.15, 0.2) is 6.33 Å². The number of carbonyl (C=O) groups is 1. The molecule has 1 aromatic rings. The average Bonchev–Trinajstić information content (AvgIpc) is 3.06. The summed E-state index contributed by atoms with van der Waals surface area (Å²) in [4.78, 5) is 18.1. The molecule has 0 radical (unpaired) electrons. The maximum atomic E-state index is 12.3. The minimum Gasteiger partial charge on any atom is -0.379 e. The number of nitrogens with zero attached hydrogens (tertiary/aromatic N) is 4. The predicted molar refractivity (Wildman–Crippen MR) is 70.2 cm³/mol. The molecule has 0 saturated carbocycles. The number of aromatic nitrogens is 3. The van der Waals surface area contributed by atoms with E-state index in [1.165, 1.54) is 0 Å². The Labute approximate surface area is 117 Å². The first kappa shape index (κ1) is 13.5. The summed E-state index contributed by atoms with van der Waals surface area (Å²) in [6.45, 7) is 2.04. The second kappa shape index (κ2) is 5.14. The molecule has 0 aromatic carbocycles. The minimum absolute atomic E-state index is 0.0956. The second-order valence-corrected chi connectivity index (χ2v) is 5.59. The van der Waals surface area contributed by atoms with Gasteiger partial charge in [-0.05, 0) is 12.8 Å². The quantitative estimate of drug-likeness (QED) is 0.775. The highest BCUT2D eigenvalue weighted by Crippen LogP contribution is 2.36. The van der Waals surface area contributed by atoms with Gasteiger partial charge in [0.1, 0.15) is 6.33 Å². The lowest BCUT2D eigenvalue weighted by atomic mass is 9.88. The molecule has 7 heteroatoms. The van der Waals surface area contributed by atoms with Crippen molar-refractivity contribution in [1.82, 2.24) is 19.7 Å². The molecule has 2 fully saturated rings. The van der Waals surface area contributed by atoms with Crippen LogP contribution in [0, 0.1) is 0 Å². The number of ether oxygens (including phenoxy) is 2. The molecule has 0 N–H and O–H groups in total. The first-order valence-electron chi connectivity index (χ1n) is 6.93. The molecule has 3 heterocycles. The topological polar surface area (TPSA) is 69.5 Å². The first-order valence-corrected chi connectivity index (χ1v) is 6.93. The Morgan fingerprint density at radius 3 is 2.80 bits per heavy atom. The number of hydrogen-bond donors (Lipinski definition) is 0. The molecule has 7 nitrogen and oxygen atoms in total. The van der Waals surface area contributed by atoms with Gasteiger partial charge in [0.2, 0.25) is 5.82 Å². The fourth-order valence-electron chi connectivity index (χ4n) is 3.00. The maximum absolute atomic E-state index is 12.3. The summed E-state index contributed by atoms with van der Waals surface area (Å²) < 4.78 is 12.8. The van der Waals surface area contributed by atoms with Gasteiger partial charge in [-0.2, -0.15) is 0 Å². The summed E-state index contributed by atoms with van der Waals surface area (Å²) in [6.07, 6.45) is 4.36. The zero-order chi connectivity index (χ0) is 14.2. The van der Waals surface area contributed by atoms with Crippen LogP contribution >= 0.6 is 0 Å². The summed E-state index contributed by atoms with van der Waals surface area (Å²) >= 11 is 0. The maximum Gasteiger partial charge on any atom is 0.293 e. The van der Waals surface area contributed by atoms with Crippen LogP contribution < -0.4 is 0 Å². The van der Waals surface area contributed by atoms with Crippen molar-refractivity contribution in [2.24, 2.45) is 7.05 Å². The number of amides is 1. The zero-order valence-electron chi connectivity index (χ0n) is 11.9. The Morgan fingerprint density at radius 1 is 1.50 bits per heavy atom. The van der Waals surface area contributed by atoms with Crippen LogP contribution in [0.5, 0.6) is 0 Å². The van der Waals surface area contributed by atoms with E-state index in [-0.39, 0.29) is 23.4 Å². The number of carbonyl (C=O) groups excluding carboxylic acids is 1. The number of aryl methyl sites for hydroxylation is 1. The van der Waals surface area contributed by atoms with Gasteiger partial charge >= 0.3 is 0 Å². The van der Waals surface area contributed by atoms with E-state index in [9.17, 15) is 4.79 Å². The van der Waals surface area contributed by atoms with E-state index in [2.05, 4.69) is 10.1 Å². The third-order valence-corrected chi connectivity index (χ3v) is 4.26. The SMILES string of the molecule is COC1COC2(CCN(C(=O)c3ncn(C)n3)CC2)C1. The van der Waals surface area contributed by atoms with Crippen molar-refractivity contribution < 1.29 is 14.3 Å². The van der Waals surface area contributed by atoms with E-state index >= 15 is 0 Å². The van der Waals surface area contributed by atoms with Gasteiger partial charge in [0, 0.05) is 33.7 Å². The molecular formula is C13H20N4O3. The van der Waals surface area contributed by atoms with E-state index in [1.807, 2.05) is 4.90 Å². The van der Waals surface area contributed by atoms with Crippen LogP contribution in [0.25, 0.3) is 0 Å². The van der Waals surface area contributed by atoms with Crippen LogP contribution in [0.3, 0.4) is 0 Å². The normalized spacial score (nSPS) is 25.3. The zero-order valence-corrected chi connectivity index (χ0v) is 11.9. The molecule has 3 rings (SSSR count). The highest BCUT2D eigenvalue weighted by molar-refractivity contribution is 5.90. The number of likely N-dealkylation sites (tertiary alicyclic amines) is 1. The molecule has 2 saturated heterocycles. The van der Waals surface area contributed by atoms with Gasteiger partial charge in [-0.3, -0.25) is 9.48 Å². The molecule has 1 atom stereocenters. The Hall–Kier alpha value is -1.47. The van der Waals surface area contributed by atoms with Gasteiger partial charge in [0.25, 0.3) is 5.91 Å². The molecule has 2 aliphatic rings.